The molecule has 2 unspecified atom stereocenters. The molecule has 0 spiro atoms. The number of hydrogen-bond donors (Lipinski definition) is 3. The van der Waals surface area contributed by atoms with Gasteiger partial charge in [0, 0.05) is 12.6 Å². The van der Waals surface area contributed by atoms with Crippen LogP contribution >= 0.6 is 0 Å². The molecule has 6 nitrogen and oxygen atoms in total. The number of nitrogens with one attached hydrogen (secondary N) is 2. The van der Waals surface area contributed by atoms with E-state index in [1.54, 1.807) is 18.3 Å². The Balaban J connectivity index is 1.90. The Kier molecular flexibility index (Phi) is 4.11. The van der Waals surface area contributed by atoms with Crippen LogP contribution in [0.4, 0.5) is 5.69 Å². The number of aliphatic hydroxyl groups is 1. The van der Waals surface area contributed by atoms with E-state index >= 15 is 0 Å². The lowest BCUT2D eigenvalue weighted by atomic mass is 10.2. The van der Waals surface area contributed by atoms with E-state index in [9.17, 15) is 9.90 Å². The molecule has 6 heteroatoms. The molecular weight excluding hydrogens is 234 g/mol. The second-order valence-electron chi connectivity index (χ2n) is 4.16. The molecule has 2 heterocycles. The lowest BCUT2D eigenvalue weighted by Gasteiger charge is -2.11. The Hall–Kier alpha value is -1.66. The van der Waals surface area contributed by atoms with E-state index in [0.717, 1.165) is 0 Å². The number of anilines is 1. The summed E-state index contributed by atoms with van der Waals surface area (Å²) in [4.78, 5) is 15.9. The minimum absolute atomic E-state index is 0.155. The molecule has 0 aromatic carbocycles. The highest BCUT2D eigenvalue weighted by molar-refractivity contribution is 5.94. The van der Waals surface area contributed by atoms with Crippen molar-refractivity contribution in [2.45, 2.75) is 25.5 Å². The highest BCUT2D eigenvalue weighted by atomic mass is 16.5. The summed E-state index contributed by atoms with van der Waals surface area (Å²) < 4.78 is 5.21. The lowest BCUT2D eigenvalue weighted by Crippen LogP contribution is -2.35. The average molecular weight is 251 g/mol. The number of hydrogen-bond acceptors (Lipinski definition) is 5. The van der Waals surface area contributed by atoms with Gasteiger partial charge in [0.15, 0.2) is 0 Å². The first kappa shape index (κ1) is 12.8. The van der Waals surface area contributed by atoms with Crippen molar-refractivity contribution in [3.8, 4) is 5.88 Å². The normalized spacial score (nSPS) is 22.8. The molecule has 0 aliphatic carbocycles. The van der Waals surface area contributed by atoms with Gasteiger partial charge in [0.2, 0.25) is 11.8 Å². The third kappa shape index (κ3) is 3.18. The topological polar surface area (TPSA) is 83.5 Å². The number of carbonyl (C=O) groups excluding carboxylic acids is 1. The zero-order valence-corrected chi connectivity index (χ0v) is 10.2. The SMILES string of the molecule is CCOc1ccc(NC(=O)C2CC(O)CN2)cn1. The number of pyridine rings is 1. The molecule has 1 aromatic rings. The molecule has 1 saturated heterocycles. The summed E-state index contributed by atoms with van der Waals surface area (Å²) in [6.45, 7) is 2.90. The smallest absolute Gasteiger partial charge is 0.241 e. The molecular formula is C12H17N3O3. The number of aromatic nitrogens is 1. The third-order valence-corrected chi connectivity index (χ3v) is 2.72. The molecule has 0 saturated carbocycles. The van der Waals surface area contributed by atoms with Gasteiger partial charge in [-0.15, -0.1) is 0 Å². The van der Waals surface area contributed by atoms with Crippen LogP contribution < -0.4 is 15.4 Å². The van der Waals surface area contributed by atoms with Gasteiger partial charge in [-0.2, -0.15) is 0 Å². The summed E-state index contributed by atoms with van der Waals surface area (Å²) >= 11 is 0. The van der Waals surface area contributed by atoms with Gasteiger partial charge < -0.3 is 20.5 Å². The van der Waals surface area contributed by atoms with E-state index in [1.807, 2.05) is 6.92 Å². The fourth-order valence-corrected chi connectivity index (χ4v) is 1.83. The second kappa shape index (κ2) is 5.79. The highest BCUT2D eigenvalue weighted by Crippen LogP contribution is 2.13. The van der Waals surface area contributed by atoms with Crippen molar-refractivity contribution in [1.29, 1.82) is 0 Å². The quantitative estimate of drug-likeness (QED) is 0.709. The van der Waals surface area contributed by atoms with Crippen LogP contribution in [0.3, 0.4) is 0 Å². The number of amides is 1. The Morgan fingerprint density at radius 1 is 1.67 bits per heavy atom. The molecule has 1 fully saturated rings. The summed E-state index contributed by atoms with van der Waals surface area (Å²) in [5.74, 6) is 0.377. The number of β-amino-alcohol motifs (C(OH)–C–C–N with tert-alkyl or cyclic N) is 1. The van der Waals surface area contributed by atoms with Crippen molar-refractivity contribution in [3.63, 3.8) is 0 Å². The maximum Gasteiger partial charge on any atom is 0.241 e. The first-order valence-corrected chi connectivity index (χ1v) is 6.00. The maximum absolute atomic E-state index is 11.8. The van der Waals surface area contributed by atoms with Crippen LogP contribution in [0.25, 0.3) is 0 Å². The summed E-state index contributed by atoms with van der Waals surface area (Å²) in [5, 5.41) is 15.0. The monoisotopic (exact) mass is 251 g/mol. The van der Waals surface area contributed by atoms with Crippen molar-refractivity contribution in [2.24, 2.45) is 0 Å². The van der Waals surface area contributed by atoms with Gasteiger partial charge in [0.25, 0.3) is 0 Å². The summed E-state index contributed by atoms with van der Waals surface area (Å²) in [6, 6.07) is 3.10. The first-order chi connectivity index (χ1) is 8.69. The van der Waals surface area contributed by atoms with Crippen LogP contribution in [-0.2, 0) is 4.79 Å². The standard InChI is InChI=1S/C12H17N3O3/c1-2-18-11-4-3-8(6-14-11)15-12(17)10-5-9(16)7-13-10/h3-4,6,9-10,13,16H,2,5,7H2,1H3,(H,15,17). The largest absolute Gasteiger partial charge is 0.478 e. The first-order valence-electron chi connectivity index (χ1n) is 6.00. The Morgan fingerprint density at radius 3 is 3.06 bits per heavy atom. The van der Waals surface area contributed by atoms with Crippen LogP contribution in [0.15, 0.2) is 18.3 Å². The molecule has 1 aliphatic rings. The number of rotatable bonds is 4. The maximum atomic E-state index is 11.8. The average Bonchev–Trinajstić information content (AvgIpc) is 2.79. The summed E-state index contributed by atoms with van der Waals surface area (Å²) in [6.07, 6.45) is 1.55. The number of carbonyl (C=O) groups is 1. The minimum Gasteiger partial charge on any atom is -0.478 e. The minimum atomic E-state index is -0.445. The number of aliphatic hydroxyl groups excluding tert-OH is 1. The molecule has 0 radical (unpaired) electrons. The Bertz CT molecular complexity index is 408. The zero-order chi connectivity index (χ0) is 13.0. The Morgan fingerprint density at radius 2 is 2.50 bits per heavy atom. The van der Waals surface area contributed by atoms with Crippen molar-refractivity contribution in [3.05, 3.63) is 18.3 Å². The van der Waals surface area contributed by atoms with Crippen molar-refractivity contribution in [2.75, 3.05) is 18.5 Å². The van der Waals surface area contributed by atoms with Gasteiger partial charge in [-0.05, 0) is 19.4 Å². The zero-order valence-electron chi connectivity index (χ0n) is 10.2. The third-order valence-electron chi connectivity index (χ3n) is 2.72. The number of nitrogens with zero attached hydrogens (tertiary/aromatic N) is 1. The van der Waals surface area contributed by atoms with Gasteiger partial charge in [0.05, 0.1) is 30.6 Å². The van der Waals surface area contributed by atoms with Crippen LogP contribution in [0.1, 0.15) is 13.3 Å². The van der Waals surface area contributed by atoms with E-state index < -0.39 is 6.10 Å². The molecule has 2 rings (SSSR count). The van der Waals surface area contributed by atoms with Crippen LogP contribution in [-0.4, -0.2) is 41.3 Å². The highest BCUT2D eigenvalue weighted by Gasteiger charge is 2.27. The molecule has 1 aliphatic heterocycles. The van der Waals surface area contributed by atoms with Gasteiger partial charge in [0.1, 0.15) is 0 Å². The van der Waals surface area contributed by atoms with Gasteiger partial charge >= 0.3 is 0 Å². The van der Waals surface area contributed by atoms with Crippen LogP contribution in [0, 0.1) is 0 Å². The van der Waals surface area contributed by atoms with E-state index in [4.69, 9.17) is 4.74 Å². The van der Waals surface area contributed by atoms with Crippen LogP contribution in [0.5, 0.6) is 5.88 Å². The molecule has 1 aromatic heterocycles. The summed E-state index contributed by atoms with van der Waals surface area (Å²) in [7, 11) is 0. The molecule has 18 heavy (non-hydrogen) atoms. The molecule has 3 N–H and O–H groups in total. The number of ether oxygens (including phenoxy) is 1. The van der Waals surface area contributed by atoms with Gasteiger partial charge in [-0.25, -0.2) is 4.98 Å². The van der Waals surface area contributed by atoms with Gasteiger partial charge in [-0.1, -0.05) is 0 Å². The summed E-state index contributed by atoms with van der Waals surface area (Å²) in [5.41, 5.74) is 0.617. The van der Waals surface area contributed by atoms with E-state index in [1.165, 1.54) is 0 Å². The van der Waals surface area contributed by atoms with Crippen molar-refractivity contribution >= 4 is 11.6 Å². The predicted octanol–water partition coefficient (Wildman–Crippen LogP) is 0.142. The predicted molar refractivity (Wildman–Crippen MR) is 66.5 cm³/mol. The molecule has 2 atom stereocenters. The fraction of sp³-hybridized carbons (Fsp3) is 0.500. The van der Waals surface area contributed by atoms with E-state index in [2.05, 4.69) is 15.6 Å². The van der Waals surface area contributed by atoms with Crippen molar-refractivity contribution in [1.82, 2.24) is 10.3 Å². The van der Waals surface area contributed by atoms with E-state index in [-0.39, 0.29) is 11.9 Å². The van der Waals surface area contributed by atoms with E-state index in [0.29, 0.717) is 31.1 Å². The Labute approximate surface area is 105 Å². The molecule has 1 amide bonds. The van der Waals surface area contributed by atoms with Crippen molar-refractivity contribution < 1.29 is 14.6 Å². The van der Waals surface area contributed by atoms with Gasteiger partial charge in [-0.3, -0.25) is 4.79 Å². The fourth-order valence-electron chi connectivity index (χ4n) is 1.83. The molecule has 0 bridgehead atoms. The molecule has 98 valence electrons. The van der Waals surface area contributed by atoms with Crippen LogP contribution in [0.2, 0.25) is 0 Å². The lowest BCUT2D eigenvalue weighted by molar-refractivity contribution is -0.117. The second-order valence-corrected chi connectivity index (χ2v) is 4.16.